The molecule has 5 rings (SSSR count). The Kier molecular flexibility index (Phi) is 6.06. The molecule has 1 saturated heterocycles. The highest BCUT2D eigenvalue weighted by molar-refractivity contribution is 6.74. The molecular formula is C30H52O6Si2. The van der Waals surface area contributed by atoms with E-state index in [1.54, 1.807) is 0 Å². The van der Waals surface area contributed by atoms with Gasteiger partial charge in [0.25, 0.3) is 0 Å². The highest BCUT2D eigenvalue weighted by Crippen LogP contribution is 2.76. The highest BCUT2D eigenvalue weighted by atomic mass is 28.4. The number of hydrogen-bond donors (Lipinski definition) is 1. The Labute approximate surface area is 232 Å². The molecule has 0 aromatic rings. The lowest BCUT2D eigenvalue weighted by Crippen LogP contribution is -2.62. The second-order valence-corrected chi connectivity index (χ2v) is 25.9. The molecule has 8 heteroatoms. The largest absolute Gasteiger partial charge is 0.509 e. The minimum Gasteiger partial charge on any atom is -0.426 e. The van der Waals surface area contributed by atoms with E-state index in [0.717, 1.165) is 12.0 Å². The summed E-state index contributed by atoms with van der Waals surface area (Å²) in [6, 6.07) is 0. The maximum absolute atomic E-state index is 13.0. The van der Waals surface area contributed by atoms with Gasteiger partial charge in [-0.2, -0.15) is 0 Å². The van der Waals surface area contributed by atoms with Crippen LogP contribution in [-0.2, 0) is 18.3 Å². The molecule has 3 saturated carbocycles. The third-order valence-corrected chi connectivity index (χ3v) is 16.7. The van der Waals surface area contributed by atoms with Gasteiger partial charge in [0.1, 0.15) is 0 Å². The van der Waals surface area contributed by atoms with Crippen LogP contribution in [0.15, 0.2) is 11.6 Å². The Balaban J connectivity index is 1.82. The van der Waals surface area contributed by atoms with Crippen molar-refractivity contribution < 1.29 is 28.2 Å². The molecule has 10 atom stereocenters. The van der Waals surface area contributed by atoms with Crippen molar-refractivity contribution >= 4 is 22.8 Å². The second-order valence-electron chi connectivity index (χ2n) is 16.7. The highest BCUT2D eigenvalue weighted by Gasteiger charge is 2.79. The lowest BCUT2D eigenvalue weighted by atomic mass is 9.62. The molecule has 1 heterocycles. The fraction of sp³-hybridized carbons (Fsp3) is 0.900. The van der Waals surface area contributed by atoms with Crippen LogP contribution in [0.2, 0.25) is 37.8 Å². The van der Waals surface area contributed by atoms with Crippen LogP contribution >= 0.6 is 0 Å². The summed E-state index contributed by atoms with van der Waals surface area (Å²) in [7, 11) is -4.38. The predicted octanol–water partition coefficient (Wildman–Crippen LogP) is 6.90. The van der Waals surface area contributed by atoms with Crippen LogP contribution in [-0.4, -0.2) is 56.9 Å². The molecule has 0 aromatic heterocycles. The molecule has 1 aliphatic heterocycles. The summed E-state index contributed by atoms with van der Waals surface area (Å²) in [5.74, 6) is 1.15. The molecule has 0 aromatic carbocycles. The van der Waals surface area contributed by atoms with Crippen molar-refractivity contribution in [3.05, 3.63) is 11.6 Å². The average molecular weight is 565 g/mol. The number of aliphatic hydroxyl groups is 1. The van der Waals surface area contributed by atoms with Crippen LogP contribution < -0.4 is 0 Å². The summed E-state index contributed by atoms with van der Waals surface area (Å²) < 4.78 is 27.3. The quantitative estimate of drug-likeness (QED) is 0.227. The fourth-order valence-corrected chi connectivity index (χ4v) is 11.6. The Morgan fingerprint density at radius 3 is 2.21 bits per heavy atom. The van der Waals surface area contributed by atoms with Crippen molar-refractivity contribution in [2.75, 3.05) is 0 Å². The summed E-state index contributed by atoms with van der Waals surface area (Å²) in [5.41, 5.74) is -1.76. The van der Waals surface area contributed by atoms with Gasteiger partial charge in [-0.1, -0.05) is 48.5 Å². The van der Waals surface area contributed by atoms with Gasteiger partial charge in [0.2, 0.25) is 0 Å². The Morgan fingerprint density at radius 2 is 1.66 bits per heavy atom. The topological polar surface area (TPSA) is 74.2 Å². The van der Waals surface area contributed by atoms with Crippen LogP contribution in [0.3, 0.4) is 0 Å². The van der Waals surface area contributed by atoms with E-state index < -0.39 is 45.7 Å². The van der Waals surface area contributed by atoms with E-state index in [-0.39, 0.29) is 40.7 Å². The van der Waals surface area contributed by atoms with Gasteiger partial charge in [-0.15, -0.1) is 0 Å². The summed E-state index contributed by atoms with van der Waals surface area (Å²) in [5, 5.41) is 11.6. The minimum absolute atomic E-state index is 0.0272. The van der Waals surface area contributed by atoms with Crippen molar-refractivity contribution in [3.8, 4) is 0 Å². The maximum atomic E-state index is 13.0. The van der Waals surface area contributed by atoms with Crippen LogP contribution in [0.5, 0.6) is 0 Å². The molecule has 216 valence electrons. The number of hydrogen-bond acceptors (Lipinski definition) is 6. The van der Waals surface area contributed by atoms with E-state index >= 15 is 0 Å². The molecule has 4 aliphatic carbocycles. The third kappa shape index (κ3) is 3.90. The minimum atomic E-state index is -2.23. The van der Waals surface area contributed by atoms with Crippen LogP contribution in [0.25, 0.3) is 0 Å². The fourth-order valence-electron chi connectivity index (χ4n) is 8.78. The first-order valence-electron chi connectivity index (χ1n) is 14.7. The van der Waals surface area contributed by atoms with E-state index in [4.69, 9.17) is 18.3 Å². The third-order valence-electron chi connectivity index (χ3n) is 11.3. The summed E-state index contributed by atoms with van der Waals surface area (Å²) in [6.07, 6.45) is 1.99. The molecule has 5 aliphatic rings. The zero-order valence-electron chi connectivity index (χ0n) is 26.0. The molecule has 0 radical (unpaired) electrons. The predicted molar refractivity (Wildman–Crippen MR) is 154 cm³/mol. The van der Waals surface area contributed by atoms with Gasteiger partial charge in [0.15, 0.2) is 28.3 Å². The molecule has 4 fully saturated rings. The zero-order chi connectivity index (χ0) is 28.6. The lowest BCUT2D eigenvalue weighted by Gasteiger charge is -2.56. The number of carbonyl (C=O) groups is 1. The lowest BCUT2D eigenvalue weighted by molar-refractivity contribution is -0.107. The van der Waals surface area contributed by atoms with Crippen molar-refractivity contribution in [3.63, 3.8) is 0 Å². The molecule has 0 amide bonds. The summed E-state index contributed by atoms with van der Waals surface area (Å²) >= 11 is 0. The number of fused-ring (bicyclic) bond motifs is 4. The first-order chi connectivity index (χ1) is 17.0. The van der Waals surface area contributed by atoms with Gasteiger partial charge in [0.05, 0.1) is 17.3 Å². The number of rotatable bonds is 4. The standard InChI is InChI=1S/C30H52O6Si2/c1-17-14-19-21(27(19,6)7)22-23(35-38(12,13)26(3,4)5)18(2)24-29(34-25(31)33-24)16-28(8,32)15-20(29)30(17,22)36-37(9,10)11/h15,17-19,21-24,32H,14,16H2,1-13H3/t17-,18+,19-,21-,22-,23-,24?,28?,29?,30+/m1/s1. The number of ether oxygens (including phenoxy) is 2. The summed E-state index contributed by atoms with van der Waals surface area (Å²) in [4.78, 5) is 13.0. The van der Waals surface area contributed by atoms with Gasteiger partial charge < -0.3 is 23.4 Å². The van der Waals surface area contributed by atoms with Gasteiger partial charge in [-0.3, -0.25) is 0 Å². The van der Waals surface area contributed by atoms with Gasteiger partial charge in [-0.25, -0.2) is 4.79 Å². The first-order valence-corrected chi connectivity index (χ1v) is 21.1. The van der Waals surface area contributed by atoms with Crippen LogP contribution in [0, 0.1) is 35.0 Å². The van der Waals surface area contributed by atoms with E-state index in [1.165, 1.54) is 0 Å². The Bertz CT molecular complexity index is 1050. The Hall–Kier alpha value is -0.676. The van der Waals surface area contributed by atoms with Crippen molar-refractivity contribution in [1.82, 2.24) is 0 Å². The Morgan fingerprint density at radius 1 is 1.05 bits per heavy atom. The van der Waals surface area contributed by atoms with Gasteiger partial charge in [-0.05, 0) is 80.4 Å². The molecule has 1 spiro atoms. The molecule has 38 heavy (non-hydrogen) atoms. The van der Waals surface area contributed by atoms with E-state index in [0.29, 0.717) is 11.8 Å². The van der Waals surface area contributed by atoms with E-state index in [1.807, 2.05) is 13.0 Å². The summed E-state index contributed by atoms with van der Waals surface area (Å²) in [6.45, 7) is 29.4. The first kappa shape index (κ1) is 28.8. The molecule has 1 N–H and O–H groups in total. The molecular weight excluding hydrogens is 512 g/mol. The molecule has 3 unspecified atom stereocenters. The smallest absolute Gasteiger partial charge is 0.426 e. The van der Waals surface area contributed by atoms with Crippen LogP contribution in [0.1, 0.15) is 68.2 Å². The SMILES string of the molecule is C[C@@H]1C2OC(=O)OC23CC(C)(O)C=C3[C@]2(O[Si](C)(C)C)[C@@H]([C@@H]1O[Si](C)(C)C(C)(C)C)[C@H]1[C@@H](C[C@H]2C)C1(C)C. The van der Waals surface area contributed by atoms with Gasteiger partial charge >= 0.3 is 6.16 Å². The number of carbonyl (C=O) groups excluding carboxylic acids is 1. The van der Waals surface area contributed by atoms with Crippen molar-refractivity contribution in [2.24, 2.45) is 35.0 Å². The van der Waals surface area contributed by atoms with Crippen molar-refractivity contribution in [2.45, 2.75) is 135 Å². The van der Waals surface area contributed by atoms with Crippen molar-refractivity contribution in [1.29, 1.82) is 0 Å². The second kappa shape index (κ2) is 7.99. The monoisotopic (exact) mass is 564 g/mol. The normalized spacial score (nSPS) is 47.6. The van der Waals surface area contributed by atoms with E-state index in [2.05, 4.69) is 81.2 Å². The van der Waals surface area contributed by atoms with Crippen LogP contribution in [0.4, 0.5) is 4.79 Å². The van der Waals surface area contributed by atoms with E-state index in [9.17, 15) is 9.90 Å². The molecule has 0 bridgehead atoms. The molecule has 6 nitrogen and oxygen atoms in total. The average Bonchev–Trinajstić information content (AvgIpc) is 2.98. The van der Waals surface area contributed by atoms with Gasteiger partial charge in [0, 0.05) is 23.8 Å². The maximum Gasteiger partial charge on any atom is 0.509 e. The zero-order valence-corrected chi connectivity index (χ0v) is 28.0.